The minimum Gasteiger partial charge on any atom is -0.373 e. The van der Waals surface area contributed by atoms with E-state index in [0.29, 0.717) is 5.92 Å². The molecule has 2 bridgehead atoms. The molecule has 3 unspecified atom stereocenters. The van der Waals surface area contributed by atoms with Crippen LogP contribution in [-0.4, -0.2) is 17.0 Å². The topological polar surface area (TPSA) is 37.8 Å². The number of fused-ring (bicyclic) bond motifs is 2. The molecule has 0 radical (unpaired) electrons. The molecule has 3 heteroatoms. The zero-order valence-corrected chi connectivity index (χ0v) is 11.7. The van der Waals surface area contributed by atoms with Crippen LogP contribution in [0.4, 0.5) is 5.82 Å². The van der Waals surface area contributed by atoms with Gasteiger partial charge in [-0.1, -0.05) is 13.3 Å². The largest absolute Gasteiger partial charge is 0.373 e. The van der Waals surface area contributed by atoms with Gasteiger partial charge in [0.25, 0.3) is 0 Å². The quantitative estimate of drug-likeness (QED) is 0.888. The molecule has 1 aromatic heterocycles. The molecule has 1 aromatic rings. The van der Waals surface area contributed by atoms with Gasteiger partial charge in [0, 0.05) is 24.2 Å². The van der Waals surface area contributed by atoms with E-state index in [1.54, 1.807) is 0 Å². The highest BCUT2D eigenvalue weighted by Gasteiger charge is 2.41. The SMILES string of the molecule is CCc1nc(C2CC3CCC2C3)nc(NC)c1C. The molecule has 1 heterocycles. The van der Waals surface area contributed by atoms with Gasteiger partial charge in [0.2, 0.25) is 0 Å². The van der Waals surface area contributed by atoms with Crippen LogP contribution in [0.25, 0.3) is 0 Å². The minimum atomic E-state index is 0.627. The van der Waals surface area contributed by atoms with Gasteiger partial charge >= 0.3 is 0 Å². The van der Waals surface area contributed by atoms with Crippen LogP contribution in [0.2, 0.25) is 0 Å². The highest BCUT2D eigenvalue weighted by Crippen LogP contribution is 2.52. The molecule has 2 aliphatic carbocycles. The predicted octanol–water partition coefficient (Wildman–Crippen LogP) is 3.29. The first-order chi connectivity index (χ1) is 8.72. The number of aromatic nitrogens is 2. The Morgan fingerprint density at radius 2 is 2.06 bits per heavy atom. The zero-order chi connectivity index (χ0) is 12.7. The van der Waals surface area contributed by atoms with Crippen molar-refractivity contribution in [3.05, 3.63) is 17.1 Å². The van der Waals surface area contributed by atoms with Gasteiger partial charge in [-0.15, -0.1) is 0 Å². The Morgan fingerprint density at radius 1 is 1.22 bits per heavy atom. The third-order valence-electron chi connectivity index (χ3n) is 4.91. The fourth-order valence-electron chi connectivity index (χ4n) is 3.90. The summed E-state index contributed by atoms with van der Waals surface area (Å²) in [5.41, 5.74) is 2.43. The zero-order valence-electron chi connectivity index (χ0n) is 11.7. The van der Waals surface area contributed by atoms with Gasteiger partial charge in [0.1, 0.15) is 11.6 Å². The Hall–Kier alpha value is -1.12. The van der Waals surface area contributed by atoms with Crippen molar-refractivity contribution in [1.29, 1.82) is 0 Å². The summed E-state index contributed by atoms with van der Waals surface area (Å²) in [6.07, 6.45) is 6.56. The van der Waals surface area contributed by atoms with E-state index in [1.807, 2.05) is 7.05 Å². The van der Waals surface area contributed by atoms with Gasteiger partial charge in [-0.3, -0.25) is 0 Å². The first-order valence-electron chi connectivity index (χ1n) is 7.28. The molecular formula is C15H23N3. The lowest BCUT2D eigenvalue weighted by atomic mass is 9.88. The van der Waals surface area contributed by atoms with Gasteiger partial charge in [0.05, 0.1) is 0 Å². The number of hydrogen-bond acceptors (Lipinski definition) is 3. The summed E-state index contributed by atoms with van der Waals surface area (Å²) in [5.74, 6) is 4.57. The Balaban J connectivity index is 1.97. The second kappa shape index (κ2) is 4.52. The third kappa shape index (κ3) is 1.80. The second-order valence-corrected chi connectivity index (χ2v) is 5.89. The van der Waals surface area contributed by atoms with E-state index in [-0.39, 0.29) is 0 Å². The van der Waals surface area contributed by atoms with Crippen molar-refractivity contribution in [2.75, 3.05) is 12.4 Å². The van der Waals surface area contributed by atoms with Crippen LogP contribution in [-0.2, 0) is 6.42 Å². The first-order valence-corrected chi connectivity index (χ1v) is 7.28. The van der Waals surface area contributed by atoms with Crippen LogP contribution >= 0.6 is 0 Å². The van der Waals surface area contributed by atoms with Crippen LogP contribution in [0.5, 0.6) is 0 Å². The summed E-state index contributed by atoms with van der Waals surface area (Å²) < 4.78 is 0. The summed E-state index contributed by atoms with van der Waals surface area (Å²) in [7, 11) is 1.96. The first kappa shape index (κ1) is 11.9. The highest BCUT2D eigenvalue weighted by atomic mass is 15.0. The van der Waals surface area contributed by atoms with E-state index in [2.05, 4.69) is 19.2 Å². The molecule has 2 saturated carbocycles. The van der Waals surface area contributed by atoms with E-state index in [4.69, 9.17) is 9.97 Å². The lowest BCUT2D eigenvalue weighted by Crippen LogP contribution is -2.15. The lowest BCUT2D eigenvalue weighted by Gasteiger charge is -2.22. The summed E-state index contributed by atoms with van der Waals surface area (Å²) in [6, 6.07) is 0. The third-order valence-corrected chi connectivity index (χ3v) is 4.91. The number of nitrogens with one attached hydrogen (secondary N) is 1. The molecule has 18 heavy (non-hydrogen) atoms. The van der Waals surface area contributed by atoms with Gasteiger partial charge in [-0.2, -0.15) is 0 Å². The van der Waals surface area contributed by atoms with Crippen molar-refractivity contribution in [1.82, 2.24) is 9.97 Å². The average molecular weight is 245 g/mol. The number of hydrogen-bond donors (Lipinski definition) is 1. The molecule has 3 atom stereocenters. The second-order valence-electron chi connectivity index (χ2n) is 5.89. The van der Waals surface area contributed by atoms with E-state index >= 15 is 0 Å². The van der Waals surface area contributed by atoms with E-state index in [0.717, 1.165) is 29.9 Å². The van der Waals surface area contributed by atoms with Gasteiger partial charge in [-0.05, 0) is 44.4 Å². The summed E-state index contributed by atoms with van der Waals surface area (Å²) in [4.78, 5) is 9.63. The molecule has 2 aliphatic rings. The fourth-order valence-corrected chi connectivity index (χ4v) is 3.90. The van der Waals surface area contributed by atoms with Crippen LogP contribution in [0.15, 0.2) is 0 Å². The van der Waals surface area contributed by atoms with Crippen LogP contribution < -0.4 is 5.32 Å². The van der Waals surface area contributed by atoms with E-state index in [9.17, 15) is 0 Å². The summed E-state index contributed by atoms with van der Waals surface area (Å²) in [5, 5.41) is 3.23. The molecular weight excluding hydrogens is 222 g/mol. The van der Waals surface area contributed by atoms with Gasteiger partial charge < -0.3 is 5.32 Å². The monoisotopic (exact) mass is 245 g/mol. The Kier molecular flexibility index (Phi) is 3.00. The highest BCUT2D eigenvalue weighted by molar-refractivity contribution is 5.45. The van der Waals surface area contributed by atoms with Crippen molar-refractivity contribution < 1.29 is 0 Å². The maximum absolute atomic E-state index is 4.85. The maximum atomic E-state index is 4.85. The molecule has 3 rings (SSSR count). The molecule has 0 amide bonds. The van der Waals surface area contributed by atoms with E-state index < -0.39 is 0 Å². The average Bonchev–Trinajstić information content (AvgIpc) is 3.01. The molecule has 0 aliphatic heterocycles. The smallest absolute Gasteiger partial charge is 0.134 e. The van der Waals surface area contributed by atoms with Crippen molar-refractivity contribution in [3.63, 3.8) is 0 Å². The standard InChI is InChI=1S/C15H23N3/c1-4-13-9(2)14(16-3)18-15(17-13)12-8-10-5-6-11(12)7-10/h10-12H,4-8H2,1-3H3,(H,16,17,18). The maximum Gasteiger partial charge on any atom is 0.134 e. The van der Waals surface area contributed by atoms with Crippen molar-refractivity contribution in [3.8, 4) is 0 Å². The van der Waals surface area contributed by atoms with Crippen LogP contribution in [0.1, 0.15) is 55.6 Å². The molecule has 1 N–H and O–H groups in total. The summed E-state index contributed by atoms with van der Waals surface area (Å²) in [6.45, 7) is 4.30. The fraction of sp³-hybridized carbons (Fsp3) is 0.733. The molecule has 0 aromatic carbocycles. The predicted molar refractivity (Wildman–Crippen MR) is 73.9 cm³/mol. The Bertz CT molecular complexity index is 430. The number of nitrogens with zero attached hydrogens (tertiary/aromatic N) is 2. The molecule has 2 fully saturated rings. The van der Waals surface area contributed by atoms with E-state index in [1.165, 1.54) is 36.9 Å². The van der Waals surface area contributed by atoms with Gasteiger partial charge in [-0.25, -0.2) is 9.97 Å². The number of rotatable bonds is 3. The molecule has 3 nitrogen and oxygen atoms in total. The molecule has 0 spiro atoms. The molecule has 98 valence electrons. The molecule has 0 saturated heterocycles. The van der Waals surface area contributed by atoms with Crippen molar-refractivity contribution in [2.24, 2.45) is 11.8 Å². The lowest BCUT2D eigenvalue weighted by molar-refractivity contribution is 0.404. The summed E-state index contributed by atoms with van der Waals surface area (Å²) >= 11 is 0. The van der Waals surface area contributed by atoms with Crippen LogP contribution in [0, 0.1) is 18.8 Å². The Labute approximate surface area is 109 Å². The number of anilines is 1. The Morgan fingerprint density at radius 3 is 2.61 bits per heavy atom. The minimum absolute atomic E-state index is 0.627. The normalized spacial score (nSPS) is 29.8. The van der Waals surface area contributed by atoms with Crippen molar-refractivity contribution in [2.45, 2.75) is 51.9 Å². The van der Waals surface area contributed by atoms with Crippen molar-refractivity contribution >= 4 is 5.82 Å². The number of aryl methyl sites for hydroxylation is 1. The van der Waals surface area contributed by atoms with Crippen LogP contribution in [0.3, 0.4) is 0 Å². The van der Waals surface area contributed by atoms with Gasteiger partial charge in [0.15, 0.2) is 0 Å².